The summed E-state index contributed by atoms with van der Waals surface area (Å²) in [6.45, 7) is -0.737. The molecule has 11 nitrogen and oxygen atoms in total. The van der Waals surface area contributed by atoms with Crippen LogP contribution in [0.3, 0.4) is 0 Å². The molecule has 0 unspecified atom stereocenters. The van der Waals surface area contributed by atoms with Gasteiger partial charge in [0.2, 0.25) is 21.8 Å². The van der Waals surface area contributed by atoms with Crippen LogP contribution in [-0.2, 0) is 30.0 Å². The number of fused-ring (bicyclic) bond motifs is 2. The Morgan fingerprint density at radius 2 is 2.14 bits per heavy atom. The van der Waals surface area contributed by atoms with Crippen molar-refractivity contribution in [1.82, 2.24) is 34.3 Å². The highest BCUT2D eigenvalue weighted by Gasteiger charge is 2.32. The summed E-state index contributed by atoms with van der Waals surface area (Å²) in [5.41, 5.74) is 3.37. The third kappa shape index (κ3) is 4.34. The molecule has 0 aromatic carbocycles. The Hall–Kier alpha value is -3.52. The Kier molecular flexibility index (Phi) is 5.71. The molecule has 0 saturated carbocycles. The SMILES string of the molecule is CCc1nn2c(c1-c1[nH]c3ncccc3c1-c1cn(C)nc1OC(F)F)OC[C@@H](NS(C)(=O)=O)C2. The topological polar surface area (TPSA) is 129 Å². The molecular weight excluding hydrogens is 484 g/mol. The number of nitrogens with one attached hydrogen (secondary N) is 2. The van der Waals surface area contributed by atoms with Crippen LogP contribution in [-0.4, -0.2) is 63.5 Å². The van der Waals surface area contributed by atoms with Crippen molar-refractivity contribution in [2.75, 3.05) is 12.9 Å². The van der Waals surface area contributed by atoms with E-state index in [1.165, 1.54) is 4.68 Å². The maximum absolute atomic E-state index is 13.2. The van der Waals surface area contributed by atoms with Gasteiger partial charge in [-0.25, -0.2) is 22.8 Å². The van der Waals surface area contributed by atoms with Gasteiger partial charge in [-0.15, -0.1) is 5.10 Å². The lowest BCUT2D eigenvalue weighted by molar-refractivity contribution is -0.0527. The molecule has 0 saturated heterocycles. The quantitative estimate of drug-likeness (QED) is 0.393. The molecule has 14 heteroatoms. The molecule has 1 aliphatic rings. The van der Waals surface area contributed by atoms with E-state index in [1.807, 2.05) is 13.0 Å². The van der Waals surface area contributed by atoms with Crippen LogP contribution in [0.4, 0.5) is 8.78 Å². The van der Waals surface area contributed by atoms with Gasteiger partial charge < -0.3 is 14.5 Å². The molecule has 0 aliphatic carbocycles. The van der Waals surface area contributed by atoms with Gasteiger partial charge in [0.1, 0.15) is 12.3 Å². The number of rotatable bonds is 7. The number of aromatic nitrogens is 6. The van der Waals surface area contributed by atoms with E-state index in [0.717, 1.165) is 6.26 Å². The van der Waals surface area contributed by atoms with Gasteiger partial charge in [0.25, 0.3) is 0 Å². The van der Waals surface area contributed by atoms with Gasteiger partial charge in [0.05, 0.1) is 41.4 Å². The summed E-state index contributed by atoms with van der Waals surface area (Å²) < 4.78 is 66.0. The number of alkyl halides is 2. The van der Waals surface area contributed by atoms with E-state index in [1.54, 1.807) is 30.2 Å². The van der Waals surface area contributed by atoms with E-state index in [-0.39, 0.29) is 19.0 Å². The fraction of sp³-hybridized carbons (Fsp3) is 0.381. The number of aryl methyl sites for hydroxylation is 2. The molecule has 5 heterocycles. The van der Waals surface area contributed by atoms with Gasteiger partial charge in [-0.3, -0.25) is 4.68 Å². The van der Waals surface area contributed by atoms with Crippen molar-refractivity contribution in [3.05, 3.63) is 30.2 Å². The molecule has 4 aromatic rings. The maximum atomic E-state index is 13.2. The first-order valence-electron chi connectivity index (χ1n) is 10.8. The number of pyridine rings is 1. The summed E-state index contributed by atoms with van der Waals surface area (Å²) in [4.78, 5) is 7.69. The summed E-state index contributed by atoms with van der Waals surface area (Å²) >= 11 is 0. The van der Waals surface area contributed by atoms with Crippen LogP contribution in [0.5, 0.6) is 11.8 Å². The number of halogens is 2. The number of ether oxygens (including phenoxy) is 2. The molecule has 0 amide bonds. The van der Waals surface area contributed by atoms with Crippen molar-refractivity contribution in [2.45, 2.75) is 32.5 Å². The third-order valence-electron chi connectivity index (χ3n) is 5.59. The summed E-state index contributed by atoms with van der Waals surface area (Å²) in [5.74, 6) is 0.229. The molecule has 2 N–H and O–H groups in total. The average molecular weight is 508 g/mol. The van der Waals surface area contributed by atoms with Crippen molar-refractivity contribution in [1.29, 1.82) is 0 Å². The van der Waals surface area contributed by atoms with Crippen molar-refractivity contribution < 1.29 is 26.7 Å². The van der Waals surface area contributed by atoms with Crippen LogP contribution >= 0.6 is 0 Å². The Bertz CT molecular complexity index is 1510. The van der Waals surface area contributed by atoms with Crippen molar-refractivity contribution in [3.8, 4) is 34.1 Å². The zero-order valence-corrected chi connectivity index (χ0v) is 19.9. The van der Waals surface area contributed by atoms with E-state index >= 15 is 0 Å². The molecular formula is C21H23F2N7O4S. The second-order valence-electron chi connectivity index (χ2n) is 8.24. The van der Waals surface area contributed by atoms with E-state index in [2.05, 4.69) is 24.9 Å². The van der Waals surface area contributed by atoms with Crippen LogP contribution in [0, 0.1) is 0 Å². The lowest BCUT2D eigenvalue weighted by Gasteiger charge is -2.24. The van der Waals surface area contributed by atoms with E-state index in [4.69, 9.17) is 9.47 Å². The summed E-state index contributed by atoms with van der Waals surface area (Å²) in [6, 6.07) is 3.09. The minimum Gasteiger partial charge on any atom is -0.476 e. The molecule has 0 spiro atoms. The van der Waals surface area contributed by atoms with Crippen LogP contribution in [0.1, 0.15) is 12.6 Å². The lowest BCUT2D eigenvalue weighted by atomic mass is 10.00. The lowest BCUT2D eigenvalue weighted by Crippen LogP contribution is -2.44. The summed E-state index contributed by atoms with van der Waals surface area (Å²) in [7, 11) is -1.81. The Morgan fingerprint density at radius 1 is 1.34 bits per heavy atom. The van der Waals surface area contributed by atoms with Crippen molar-refractivity contribution in [2.24, 2.45) is 7.05 Å². The minimum atomic E-state index is -3.43. The largest absolute Gasteiger partial charge is 0.476 e. The first-order chi connectivity index (χ1) is 16.6. The Labute approximate surface area is 199 Å². The van der Waals surface area contributed by atoms with Crippen LogP contribution < -0.4 is 14.2 Å². The number of H-pyrrole nitrogens is 1. The number of sulfonamides is 1. The number of nitrogens with zero attached hydrogens (tertiary/aromatic N) is 5. The highest BCUT2D eigenvalue weighted by atomic mass is 32.2. The maximum Gasteiger partial charge on any atom is 0.388 e. The molecule has 0 radical (unpaired) electrons. The predicted octanol–water partition coefficient (Wildman–Crippen LogP) is 2.30. The van der Waals surface area contributed by atoms with E-state index in [9.17, 15) is 17.2 Å². The predicted molar refractivity (Wildman–Crippen MR) is 123 cm³/mol. The monoisotopic (exact) mass is 507 g/mol. The first kappa shape index (κ1) is 23.2. The van der Waals surface area contributed by atoms with Gasteiger partial charge in [0, 0.05) is 30.4 Å². The number of hydrogen-bond acceptors (Lipinski definition) is 7. The van der Waals surface area contributed by atoms with Gasteiger partial charge >= 0.3 is 6.61 Å². The number of aromatic amines is 1. The third-order valence-corrected chi connectivity index (χ3v) is 6.36. The van der Waals surface area contributed by atoms with E-state index in [0.29, 0.717) is 51.4 Å². The van der Waals surface area contributed by atoms with Crippen molar-refractivity contribution in [3.63, 3.8) is 0 Å². The standard InChI is InChI=1S/C21H23F2N7O4S/c1-4-14-16(20-30(26-14)8-11(10-33-20)28-35(3,31)32)17-15(12-6-5-7-24-18(12)25-17)13-9-29(2)27-19(13)34-21(22)23/h5-7,9,11,21,28H,4,8,10H2,1-3H3,(H,24,25)/t11-/m0/s1. The van der Waals surface area contributed by atoms with Gasteiger partial charge in [-0.1, -0.05) is 6.92 Å². The molecule has 186 valence electrons. The average Bonchev–Trinajstić information content (AvgIpc) is 3.43. The highest BCUT2D eigenvalue weighted by Crippen LogP contribution is 2.46. The zero-order valence-electron chi connectivity index (χ0n) is 19.1. The summed E-state index contributed by atoms with van der Waals surface area (Å²) in [5, 5.41) is 9.41. The Morgan fingerprint density at radius 3 is 2.86 bits per heavy atom. The van der Waals surface area contributed by atoms with Gasteiger partial charge in [-0.2, -0.15) is 13.9 Å². The molecule has 0 fully saturated rings. The number of hydrogen-bond donors (Lipinski definition) is 2. The fourth-order valence-electron chi connectivity index (χ4n) is 4.38. The van der Waals surface area contributed by atoms with Crippen LogP contribution in [0.25, 0.3) is 33.4 Å². The highest BCUT2D eigenvalue weighted by molar-refractivity contribution is 7.88. The molecule has 1 aliphatic heterocycles. The van der Waals surface area contributed by atoms with Crippen LogP contribution in [0.2, 0.25) is 0 Å². The summed E-state index contributed by atoms with van der Waals surface area (Å²) in [6.07, 6.45) is 4.85. The van der Waals surface area contributed by atoms with Crippen LogP contribution in [0.15, 0.2) is 24.5 Å². The molecule has 5 rings (SSSR count). The molecule has 4 aromatic heterocycles. The van der Waals surface area contributed by atoms with E-state index < -0.39 is 22.7 Å². The van der Waals surface area contributed by atoms with Gasteiger partial charge in [0.15, 0.2) is 0 Å². The zero-order chi connectivity index (χ0) is 24.9. The van der Waals surface area contributed by atoms with Crippen molar-refractivity contribution >= 4 is 21.1 Å². The van der Waals surface area contributed by atoms with Gasteiger partial charge in [-0.05, 0) is 18.6 Å². The normalized spacial score (nSPS) is 16.0. The molecule has 1 atom stereocenters. The second-order valence-corrected chi connectivity index (χ2v) is 10.0. The smallest absolute Gasteiger partial charge is 0.388 e. The first-order valence-corrected chi connectivity index (χ1v) is 12.7. The molecule has 0 bridgehead atoms. The molecule has 35 heavy (non-hydrogen) atoms. The second kappa shape index (κ2) is 8.61. The minimum absolute atomic E-state index is 0.107. The fourth-order valence-corrected chi connectivity index (χ4v) is 5.13. The Balaban J connectivity index is 1.71.